The molecule has 0 aliphatic carbocycles. The molecule has 6 aromatic rings. The first-order chi connectivity index (χ1) is 31.9. The number of carbonyl (C=O) groups excluding carboxylic acids is 4. The Labute approximate surface area is 384 Å². The second-order valence-corrected chi connectivity index (χ2v) is 17.7. The Morgan fingerprint density at radius 3 is 2.24 bits per heavy atom. The van der Waals surface area contributed by atoms with Crippen LogP contribution >= 0.6 is 0 Å². The van der Waals surface area contributed by atoms with Crippen LogP contribution in [0.15, 0.2) is 85.2 Å². The molecule has 16 nitrogen and oxygen atoms in total. The maximum atomic E-state index is 13.8. The number of alkyl carbamates (subject to hydrolysis) is 2. The molecule has 1 fully saturated rings. The first-order valence-corrected chi connectivity index (χ1v) is 22.7. The molecule has 0 bridgehead atoms. The zero-order valence-corrected chi connectivity index (χ0v) is 38.6. The fraction of sp³-hybridized carbons (Fsp3) is 0.400. The lowest BCUT2D eigenvalue weighted by molar-refractivity contribution is -0.136. The fourth-order valence-electron chi connectivity index (χ4n) is 9.12. The van der Waals surface area contributed by atoms with Gasteiger partial charge in [-0.05, 0) is 67.0 Å². The predicted molar refractivity (Wildman–Crippen MR) is 250 cm³/mol. The summed E-state index contributed by atoms with van der Waals surface area (Å²) in [4.78, 5) is 71.6. The van der Waals surface area contributed by atoms with Crippen molar-refractivity contribution in [1.29, 1.82) is 0 Å². The van der Waals surface area contributed by atoms with E-state index in [2.05, 4.69) is 84.7 Å². The molecule has 2 aliphatic rings. The molecule has 4 atom stereocenters. The molecule has 16 heteroatoms. The maximum Gasteiger partial charge on any atom is 0.407 e. The lowest BCUT2D eigenvalue weighted by Gasteiger charge is -2.30. The molecule has 3 aromatic carbocycles. The predicted octanol–water partition coefficient (Wildman–Crippen LogP) is 8.39. The lowest BCUT2D eigenvalue weighted by Crippen LogP contribution is -2.51. The monoisotopic (exact) mass is 897 g/mol. The Balaban J connectivity index is 1.07. The largest absolute Gasteiger partial charge is 0.469 e. The van der Waals surface area contributed by atoms with Crippen LogP contribution in [0.5, 0.6) is 5.75 Å². The van der Waals surface area contributed by atoms with Gasteiger partial charge in [0.25, 0.3) is 0 Å². The number of amides is 4. The molecule has 66 heavy (non-hydrogen) atoms. The second-order valence-electron chi connectivity index (χ2n) is 17.7. The average molecular weight is 898 g/mol. The van der Waals surface area contributed by atoms with Crippen molar-refractivity contribution < 1.29 is 33.4 Å². The zero-order chi connectivity index (χ0) is 46.6. The molecule has 8 rings (SSSR count). The van der Waals surface area contributed by atoms with Crippen LogP contribution in [0.25, 0.3) is 44.7 Å². The van der Waals surface area contributed by atoms with E-state index in [-0.39, 0.29) is 42.5 Å². The number of imidazole rings is 2. The minimum absolute atomic E-state index is 0.132. The molecule has 4 unspecified atom stereocenters. The molecule has 346 valence electrons. The van der Waals surface area contributed by atoms with Crippen molar-refractivity contribution in [2.45, 2.75) is 91.2 Å². The van der Waals surface area contributed by atoms with Gasteiger partial charge in [0.1, 0.15) is 29.5 Å². The molecular formula is C50H59N9O7. The summed E-state index contributed by atoms with van der Waals surface area (Å²) < 4.78 is 18.8. The van der Waals surface area contributed by atoms with E-state index in [0.717, 1.165) is 75.3 Å². The number of aromatic nitrogens is 5. The molecule has 4 amide bonds. The minimum atomic E-state index is -0.735. The van der Waals surface area contributed by atoms with Gasteiger partial charge >= 0.3 is 12.2 Å². The van der Waals surface area contributed by atoms with Gasteiger partial charge < -0.3 is 49.2 Å². The topological polar surface area (TPSA) is 189 Å². The van der Waals surface area contributed by atoms with E-state index in [1.807, 2.05) is 57.7 Å². The van der Waals surface area contributed by atoms with Crippen molar-refractivity contribution in [3.05, 3.63) is 102 Å². The number of likely N-dealkylation sites (tertiary alicyclic amines) is 1. The van der Waals surface area contributed by atoms with E-state index in [9.17, 15) is 19.2 Å². The summed E-state index contributed by atoms with van der Waals surface area (Å²) in [6, 6.07) is 23.3. The van der Waals surface area contributed by atoms with Crippen LogP contribution in [0.4, 0.5) is 9.59 Å². The number of nitrogens with one attached hydrogen (secondary N) is 4. The number of ether oxygens (including phenoxy) is 3. The molecule has 3 aromatic heterocycles. The standard InChI is InChI=1S/C50H59N9O7/c1-8-20-57(47(60)44(29(2)3)55-49(62)64-6)28-42-51-26-36(53-42)32-17-19-38-34(23-32)24-40-35-18-16-33(25-41(35)66-43(59(38)40)22-31-13-10-9-11-14-31)37-27-52-46(54-37)39-15-12-21-58(39)48(61)45(30(4)5)56-50(63)65-7/h9-11,13-14,16-19,23-27,29-30,39,43-45H,8,12,15,20-22,28H2,1-7H3,(H,51,53)(H,52,54)(H,55,62)(H,56,63). The quantitative estimate of drug-likeness (QED) is 0.0785. The molecule has 0 radical (unpaired) electrons. The highest BCUT2D eigenvalue weighted by Crippen LogP contribution is 2.45. The highest BCUT2D eigenvalue weighted by Gasteiger charge is 2.38. The van der Waals surface area contributed by atoms with Crippen molar-refractivity contribution in [2.24, 2.45) is 11.8 Å². The van der Waals surface area contributed by atoms with Gasteiger partial charge in [0.2, 0.25) is 11.8 Å². The molecule has 0 spiro atoms. The summed E-state index contributed by atoms with van der Waals surface area (Å²) in [5.41, 5.74) is 7.61. The van der Waals surface area contributed by atoms with Crippen molar-refractivity contribution in [3.8, 4) is 39.5 Å². The van der Waals surface area contributed by atoms with Crippen LogP contribution in [0.3, 0.4) is 0 Å². The number of nitrogens with zero attached hydrogens (tertiary/aromatic N) is 5. The van der Waals surface area contributed by atoms with Crippen LogP contribution < -0.4 is 15.4 Å². The van der Waals surface area contributed by atoms with Gasteiger partial charge in [-0.3, -0.25) is 9.59 Å². The third-order valence-corrected chi connectivity index (χ3v) is 12.5. The zero-order valence-electron chi connectivity index (χ0n) is 38.6. The molecule has 2 aliphatic heterocycles. The number of fused-ring (bicyclic) bond motifs is 5. The van der Waals surface area contributed by atoms with Gasteiger partial charge in [-0.2, -0.15) is 0 Å². The Kier molecular flexibility index (Phi) is 13.5. The summed E-state index contributed by atoms with van der Waals surface area (Å²) >= 11 is 0. The number of H-pyrrole nitrogens is 2. The van der Waals surface area contributed by atoms with Crippen LogP contribution in [0.1, 0.15) is 83.4 Å². The highest BCUT2D eigenvalue weighted by molar-refractivity contribution is 5.92. The average Bonchev–Trinajstić information content (AvgIpc) is 4.16. The first-order valence-electron chi connectivity index (χ1n) is 22.7. The summed E-state index contributed by atoms with van der Waals surface area (Å²) in [6.07, 6.45) is 4.91. The van der Waals surface area contributed by atoms with Crippen LogP contribution in [0, 0.1) is 11.8 Å². The number of carbonyl (C=O) groups is 4. The number of benzene rings is 3. The van der Waals surface area contributed by atoms with Crippen LogP contribution in [-0.2, 0) is 32.0 Å². The Hall–Kier alpha value is -7.10. The van der Waals surface area contributed by atoms with E-state index >= 15 is 0 Å². The number of rotatable bonds is 15. The van der Waals surface area contributed by atoms with Crippen molar-refractivity contribution >= 4 is 34.9 Å². The number of methoxy groups -OCH3 is 2. The lowest BCUT2D eigenvalue weighted by atomic mass is 10.0. The van der Waals surface area contributed by atoms with Gasteiger partial charge in [0.05, 0.1) is 61.8 Å². The van der Waals surface area contributed by atoms with Crippen molar-refractivity contribution in [2.75, 3.05) is 27.3 Å². The second kappa shape index (κ2) is 19.6. The molecule has 5 heterocycles. The molecular weight excluding hydrogens is 839 g/mol. The van der Waals surface area contributed by atoms with Gasteiger partial charge in [0, 0.05) is 41.6 Å². The molecule has 4 N–H and O–H groups in total. The van der Waals surface area contributed by atoms with Gasteiger partial charge in [-0.1, -0.05) is 77.1 Å². The smallest absolute Gasteiger partial charge is 0.407 e. The maximum absolute atomic E-state index is 13.8. The summed E-state index contributed by atoms with van der Waals surface area (Å²) in [5, 5.41) is 6.45. The van der Waals surface area contributed by atoms with Crippen molar-refractivity contribution in [3.63, 3.8) is 0 Å². The van der Waals surface area contributed by atoms with E-state index < -0.39 is 24.3 Å². The van der Waals surface area contributed by atoms with E-state index in [0.29, 0.717) is 31.2 Å². The van der Waals surface area contributed by atoms with E-state index in [4.69, 9.17) is 19.2 Å². The summed E-state index contributed by atoms with van der Waals surface area (Å²) in [7, 11) is 2.57. The summed E-state index contributed by atoms with van der Waals surface area (Å²) in [5.74, 6) is 1.45. The number of aromatic amines is 2. The Morgan fingerprint density at radius 1 is 0.848 bits per heavy atom. The molecule has 0 saturated carbocycles. The number of hydrogen-bond donors (Lipinski definition) is 4. The van der Waals surface area contributed by atoms with Crippen molar-refractivity contribution in [1.82, 2.24) is 44.9 Å². The van der Waals surface area contributed by atoms with Crippen LogP contribution in [-0.4, -0.2) is 97.7 Å². The minimum Gasteiger partial charge on any atom is -0.469 e. The SMILES string of the molecule is CCCN(Cc1ncc(-c2ccc3c(c2)cc2n3C(Cc3ccccc3)Oc3cc(-c4cnc(C5CCCN5C(=O)C(NC(=O)OC)C(C)C)[nH]4)ccc3-2)[nH]1)C(=O)C(NC(=O)OC)C(C)C. The third kappa shape index (κ3) is 9.35. The van der Waals surface area contributed by atoms with E-state index in [1.165, 1.54) is 14.2 Å². The first kappa shape index (κ1) is 45.5. The van der Waals surface area contributed by atoms with E-state index in [1.54, 1.807) is 17.3 Å². The molecule has 1 saturated heterocycles. The summed E-state index contributed by atoms with van der Waals surface area (Å²) in [6.45, 7) is 10.9. The van der Waals surface area contributed by atoms with Gasteiger partial charge in [-0.25, -0.2) is 19.6 Å². The van der Waals surface area contributed by atoms with Gasteiger partial charge in [0.15, 0.2) is 6.23 Å². The Bertz CT molecular complexity index is 2700. The van der Waals surface area contributed by atoms with Gasteiger partial charge in [-0.15, -0.1) is 0 Å². The number of hydrogen-bond acceptors (Lipinski definition) is 9. The fourth-order valence-corrected chi connectivity index (χ4v) is 9.12. The third-order valence-electron chi connectivity index (χ3n) is 12.5. The van der Waals surface area contributed by atoms with Crippen LogP contribution in [0.2, 0.25) is 0 Å². The normalized spacial score (nSPS) is 16.3. The highest BCUT2D eigenvalue weighted by atomic mass is 16.5. The Morgan fingerprint density at radius 2 is 1.53 bits per heavy atom.